The average Bonchev–Trinajstić information content (AvgIpc) is 2.83. The lowest BCUT2D eigenvalue weighted by molar-refractivity contribution is -0.118. The molecule has 1 aliphatic carbocycles. The maximum atomic E-state index is 15.3. The molecule has 2 aliphatic rings. The number of amidine groups is 1. The van der Waals surface area contributed by atoms with Crippen LogP contribution in [0.5, 0.6) is 0 Å². The van der Waals surface area contributed by atoms with Crippen LogP contribution in [0.3, 0.4) is 0 Å². The van der Waals surface area contributed by atoms with Gasteiger partial charge in [0.1, 0.15) is 17.4 Å². The van der Waals surface area contributed by atoms with E-state index in [9.17, 15) is 15.3 Å². The molecular weight excluding hydrogens is 519 g/mol. The van der Waals surface area contributed by atoms with Gasteiger partial charge >= 0.3 is 0 Å². The first kappa shape index (κ1) is 24.2. The molecule has 0 radical (unpaired) electrons. The van der Waals surface area contributed by atoms with Crippen molar-refractivity contribution < 1.29 is 14.3 Å². The smallest absolute Gasteiger partial charge is 0.162 e. The lowest BCUT2D eigenvalue weighted by atomic mass is 9.67. The van der Waals surface area contributed by atoms with Crippen LogP contribution < -0.4 is 4.90 Å². The van der Waals surface area contributed by atoms with Gasteiger partial charge in [0.05, 0.1) is 0 Å². The third kappa shape index (κ3) is 4.20. The van der Waals surface area contributed by atoms with E-state index in [1.165, 1.54) is 6.07 Å². The molecule has 3 aromatic carbocycles. The van der Waals surface area contributed by atoms with Crippen LogP contribution in [0.2, 0.25) is 0 Å². The van der Waals surface area contributed by atoms with Crippen LogP contribution in [0.15, 0.2) is 100 Å². The number of hydrogen-bond donors (Lipinski definition) is 2. The first-order valence-electron chi connectivity index (χ1n) is 11.8. The van der Waals surface area contributed by atoms with E-state index >= 15 is 4.39 Å². The van der Waals surface area contributed by atoms with Crippen LogP contribution in [0.4, 0.5) is 10.1 Å². The van der Waals surface area contributed by atoms with Crippen molar-refractivity contribution in [3.8, 4) is 0 Å². The van der Waals surface area contributed by atoms with Gasteiger partial charge in [-0.2, -0.15) is 0 Å². The number of aliphatic hydroxyl groups excluding tert-OH is 1. The molecule has 0 saturated carbocycles. The molecule has 0 saturated heterocycles. The molecule has 0 fully saturated rings. The van der Waals surface area contributed by atoms with Crippen molar-refractivity contribution in [3.63, 3.8) is 0 Å². The van der Waals surface area contributed by atoms with Crippen molar-refractivity contribution in [1.82, 2.24) is 0 Å². The minimum Gasteiger partial charge on any atom is -0.507 e. The maximum Gasteiger partial charge on any atom is 0.162 e. The SMILES string of the molecule is CC1(C)CC(=O)C2=C(C1)N(c1cccc(Br)c1)C(=N)/C(=C(/O)c1ccccc1)C2c1ccccc1F. The van der Waals surface area contributed by atoms with Gasteiger partial charge in [-0.1, -0.05) is 84.4 Å². The Morgan fingerprint density at radius 1 is 1.03 bits per heavy atom. The number of halogens is 2. The lowest BCUT2D eigenvalue weighted by Crippen LogP contribution is -2.45. The topological polar surface area (TPSA) is 64.4 Å². The zero-order valence-corrected chi connectivity index (χ0v) is 21.6. The summed E-state index contributed by atoms with van der Waals surface area (Å²) in [4.78, 5) is 15.5. The van der Waals surface area contributed by atoms with Crippen molar-refractivity contribution in [2.45, 2.75) is 32.6 Å². The largest absolute Gasteiger partial charge is 0.507 e. The standard InChI is InChI=1S/C30H26BrFN2O2/c1-30(2)16-23-26(24(35)17-30)25(21-13-6-7-14-22(21)32)27(28(36)18-9-4-3-5-10-18)29(33)34(23)20-12-8-11-19(31)15-20/h3-15,25,33,36H,16-17H2,1-2H3/b28-27+,33-29?. The predicted molar refractivity (Wildman–Crippen MR) is 145 cm³/mol. The molecule has 1 heterocycles. The van der Waals surface area contributed by atoms with Crippen molar-refractivity contribution in [2.24, 2.45) is 5.41 Å². The molecule has 182 valence electrons. The van der Waals surface area contributed by atoms with E-state index in [1.807, 2.05) is 44.2 Å². The van der Waals surface area contributed by atoms with Crippen LogP contribution in [0.1, 0.15) is 43.7 Å². The minimum absolute atomic E-state index is 0.0203. The molecule has 6 heteroatoms. The summed E-state index contributed by atoms with van der Waals surface area (Å²) in [5.74, 6) is -1.60. The van der Waals surface area contributed by atoms with Gasteiger partial charge in [-0.05, 0) is 36.1 Å². The Balaban J connectivity index is 1.88. The number of aliphatic hydroxyl groups is 1. The van der Waals surface area contributed by atoms with Crippen LogP contribution in [-0.4, -0.2) is 16.7 Å². The summed E-state index contributed by atoms with van der Waals surface area (Å²) in [5, 5.41) is 21.0. The maximum absolute atomic E-state index is 15.3. The molecule has 1 atom stereocenters. The third-order valence-corrected chi connectivity index (χ3v) is 7.30. The molecule has 1 aliphatic heterocycles. The molecule has 4 nitrogen and oxygen atoms in total. The third-order valence-electron chi connectivity index (χ3n) is 6.81. The molecule has 1 unspecified atom stereocenters. The van der Waals surface area contributed by atoms with E-state index < -0.39 is 11.7 Å². The number of anilines is 1. The first-order chi connectivity index (χ1) is 17.2. The van der Waals surface area contributed by atoms with Crippen molar-refractivity contribution >= 4 is 39.0 Å². The number of carbonyl (C=O) groups excluding carboxylic acids is 1. The van der Waals surface area contributed by atoms with Gasteiger partial charge in [-0.3, -0.25) is 15.1 Å². The zero-order valence-electron chi connectivity index (χ0n) is 20.1. The Morgan fingerprint density at radius 2 is 1.72 bits per heavy atom. The summed E-state index contributed by atoms with van der Waals surface area (Å²) in [7, 11) is 0. The Morgan fingerprint density at radius 3 is 2.42 bits per heavy atom. The number of allylic oxidation sites excluding steroid dienone is 2. The second-order valence-corrected chi connectivity index (χ2v) is 11.0. The van der Waals surface area contributed by atoms with Crippen molar-refractivity contribution in [1.29, 1.82) is 5.41 Å². The number of nitrogens with zero attached hydrogens (tertiary/aromatic N) is 1. The van der Waals surface area contributed by atoms with Gasteiger partial charge in [0.15, 0.2) is 5.78 Å². The van der Waals surface area contributed by atoms with E-state index in [0.29, 0.717) is 35.4 Å². The van der Waals surface area contributed by atoms with Crippen LogP contribution in [0.25, 0.3) is 5.76 Å². The Kier molecular flexibility index (Phi) is 6.17. The summed E-state index contributed by atoms with van der Waals surface area (Å²) in [6.07, 6.45) is 0.836. The number of ketones is 1. The lowest BCUT2D eigenvalue weighted by Gasteiger charge is -2.45. The molecule has 3 aromatic rings. The van der Waals surface area contributed by atoms with Gasteiger partial charge in [-0.15, -0.1) is 0 Å². The van der Waals surface area contributed by atoms with Gasteiger partial charge in [0.25, 0.3) is 0 Å². The number of rotatable bonds is 3. The second kappa shape index (κ2) is 9.17. The minimum atomic E-state index is -0.902. The van der Waals surface area contributed by atoms with Crippen molar-refractivity contribution in [2.75, 3.05) is 4.90 Å². The van der Waals surface area contributed by atoms with Gasteiger partial charge in [0.2, 0.25) is 0 Å². The van der Waals surface area contributed by atoms with Crippen LogP contribution in [0, 0.1) is 16.6 Å². The highest BCUT2D eigenvalue weighted by Gasteiger charge is 2.47. The number of benzene rings is 3. The molecular formula is C30H26BrFN2O2. The highest BCUT2D eigenvalue weighted by atomic mass is 79.9. The Bertz CT molecular complexity index is 1440. The summed E-state index contributed by atoms with van der Waals surface area (Å²) >= 11 is 3.52. The zero-order chi connectivity index (χ0) is 25.6. The van der Waals surface area contributed by atoms with Gasteiger partial charge in [-0.25, -0.2) is 4.39 Å². The highest BCUT2D eigenvalue weighted by Crippen LogP contribution is 2.51. The monoisotopic (exact) mass is 544 g/mol. The summed E-state index contributed by atoms with van der Waals surface area (Å²) in [6.45, 7) is 4.06. The Labute approximate surface area is 218 Å². The van der Waals surface area contributed by atoms with E-state index in [2.05, 4.69) is 15.9 Å². The molecule has 2 N–H and O–H groups in total. The molecule has 0 bridgehead atoms. The first-order valence-corrected chi connectivity index (χ1v) is 12.6. The normalized spacial score (nSPS) is 20.9. The van der Waals surface area contributed by atoms with E-state index in [0.717, 1.165) is 4.47 Å². The van der Waals surface area contributed by atoms with Crippen LogP contribution >= 0.6 is 15.9 Å². The van der Waals surface area contributed by atoms with E-state index in [-0.39, 0.29) is 33.9 Å². The fraction of sp³-hybridized carbons (Fsp3) is 0.200. The Hall–Kier alpha value is -3.51. The quantitative estimate of drug-likeness (QED) is 0.331. The fourth-order valence-corrected chi connectivity index (χ4v) is 5.67. The fourth-order valence-electron chi connectivity index (χ4n) is 5.29. The molecule has 0 aromatic heterocycles. The number of hydrogen-bond acceptors (Lipinski definition) is 3. The van der Waals surface area contributed by atoms with Crippen molar-refractivity contribution in [3.05, 3.63) is 117 Å². The molecule has 5 rings (SSSR count). The summed E-state index contributed by atoms with van der Waals surface area (Å²) < 4.78 is 16.1. The predicted octanol–water partition coefficient (Wildman–Crippen LogP) is 7.78. The van der Waals surface area contributed by atoms with Gasteiger partial charge in [0, 0.05) is 50.5 Å². The molecule has 36 heavy (non-hydrogen) atoms. The summed E-state index contributed by atoms with van der Waals surface area (Å²) in [6, 6.07) is 22.7. The average molecular weight is 545 g/mol. The molecule has 0 amide bonds. The second-order valence-electron chi connectivity index (χ2n) is 10.0. The summed E-state index contributed by atoms with van der Waals surface area (Å²) in [5.41, 5.74) is 2.46. The van der Waals surface area contributed by atoms with Gasteiger partial charge < -0.3 is 5.11 Å². The van der Waals surface area contributed by atoms with E-state index in [1.54, 1.807) is 47.4 Å². The highest BCUT2D eigenvalue weighted by molar-refractivity contribution is 9.10. The van der Waals surface area contributed by atoms with E-state index in [4.69, 9.17) is 0 Å². The molecule has 0 spiro atoms. The number of Topliss-reactive ketones (excluding diaryl/α,β-unsaturated/α-hetero) is 1. The number of carbonyl (C=O) groups is 1. The number of nitrogens with one attached hydrogen (secondary N) is 1. The van der Waals surface area contributed by atoms with Crippen LogP contribution in [-0.2, 0) is 4.79 Å².